The summed E-state index contributed by atoms with van der Waals surface area (Å²) < 4.78 is 0. The Balaban J connectivity index is 2.33. The van der Waals surface area contributed by atoms with Gasteiger partial charge in [-0.2, -0.15) is 0 Å². The Kier molecular flexibility index (Phi) is 2.42. The Labute approximate surface area is 60.3 Å². The highest BCUT2D eigenvalue weighted by Gasteiger charge is 2.27. The normalized spacial score (nSPS) is 34.2. The highest BCUT2D eigenvalue weighted by atomic mass is 16.3. The Morgan fingerprint density at radius 2 is 2.40 bits per heavy atom. The van der Waals surface area contributed by atoms with Gasteiger partial charge in [-0.1, -0.05) is 0 Å². The van der Waals surface area contributed by atoms with Crippen LogP contribution in [0.4, 0.5) is 0 Å². The molecule has 0 spiro atoms. The van der Waals surface area contributed by atoms with Gasteiger partial charge in [0, 0.05) is 19.1 Å². The summed E-state index contributed by atoms with van der Waals surface area (Å²) in [5, 5.41) is 9.09. The summed E-state index contributed by atoms with van der Waals surface area (Å²) in [6.45, 7) is 1.04. The van der Waals surface area contributed by atoms with Gasteiger partial charge in [0.15, 0.2) is 0 Å². The van der Waals surface area contributed by atoms with Crippen molar-refractivity contribution in [3.05, 3.63) is 0 Å². The number of rotatable bonds is 2. The van der Waals surface area contributed by atoms with Crippen LogP contribution in [0.15, 0.2) is 0 Å². The molecule has 3 N–H and O–H groups in total. The number of hydrogen-bond acceptors (Lipinski definition) is 4. The molecule has 0 aromatic carbocycles. The van der Waals surface area contributed by atoms with Crippen molar-refractivity contribution in [2.75, 3.05) is 13.1 Å². The minimum absolute atomic E-state index is 0.212. The minimum atomic E-state index is -0.490. The van der Waals surface area contributed by atoms with Gasteiger partial charge in [-0.3, -0.25) is 0 Å². The van der Waals surface area contributed by atoms with E-state index in [0.29, 0.717) is 19.3 Å². The number of aliphatic hydroxyl groups is 1. The number of hydrogen-bond donors (Lipinski definition) is 2. The molecule has 1 radical (unpaired) electrons. The van der Waals surface area contributed by atoms with E-state index >= 15 is 0 Å². The summed E-state index contributed by atoms with van der Waals surface area (Å²) in [5.41, 5.74) is 5.47. The van der Waals surface area contributed by atoms with Crippen LogP contribution in [0.2, 0.25) is 0 Å². The van der Waals surface area contributed by atoms with Crippen LogP contribution < -0.4 is 5.73 Å². The van der Waals surface area contributed by atoms with E-state index in [9.17, 15) is 4.79 Å². The lowest BCUT2D eigenvalue weighted by atomic mass is 9.96. The van der Waals surface area contributed by atoms with Crippen molar-refractivity contribution in [1.82, 2.24) is 4.81 Å². The van der Waals surface area contributed by atoms with Gasteiger partial charge in [0.25, 0.3) is 7.41 Å². The summed E-state index contributed by atoms with van der Waals surface area (Å²) in [6.07, 6.45) is 0.210. The molecule has 0 amide bonds. The van der Waals surface area contributed by atoms with E-state index < -0.39 is 6.10 Å². The number of nitrogens with two attached hydrogens (primary N) is 1. The lowest BCUT2D eigenvalue weighted by Crippen LogP contribution is -2.33. The van der Waals surface area contributed by atoms with E-state index in [1.807, 2.05) is 0 Å². The number of nitrogens with zero attached hydrogens (tertiary/aromatic N) is 1. The fraction of sp³-hybridized carbons (Fsp3) is 0.800. The maximum atomic E-state index is 9.95. The molecule has 1 aliphatic heterocycles. The smallest absolute Gasteiger partial charge is 0.293 e. The van der Waals surface area contributed by atoms with Gasteiger partial charge >= 0.3 is 0 Å². The van der Waals surface area contributed by atoms with Crippen molar-refractivity contribution in [2.45, 2.75) is 12.1 Å². The number of carbonyl (C=O) groups is 1. The van der Waals surface area contributed by atoms with Crippen LogP contribution in [-0.4, -0.2) is 48.8 Å². The zero-order valence-corrected chi connectivity index (χ0v) is 5.60. The third-order valence-corrected chi connectivity index (χ3v) is 1.63. The van der Waals surface area contributed by atoms with Gasteiger partial charge in [0.2, 0.25) is 0 Å². The third kappa shape index (κ3) is 1.56. The Hall–Kier alpha value is -0.385. The molecule has 1 heterocycles. The monoisotopic (exact) mass is 141 g/mol. The molecule has 0 aromatic rings. The van der Waals surface area contributed by atoms with Crippen molar-refractivity contribution in [3.8, 4) is 0 Å². The second-order valence-corrected chi connectivity index (χ2v) is 2.47. The van der Waals surface area contributed by atoms with Gasteiger partial charge in [0.1, 0.15) is 0 Å². The quantitative estimate of drug-likeness (QED) is 0.338. The zero-order chi connectivity index (χ0) is 7.56. The van der Waals surface area contributed by atoms with Crippen LogP contribution in [0.3, 0.4) is 0 Å². The summed E-state index contributed by atoms with van der Waals surface area (Å²) in [6, 6.07) is -0.212. The van der Waals surface area contributed by atoms with Gasteiger partial charge in [-0.25, -0.2) is 0 Å². The van der Waals surface area contributed by atoms with Crippen LogP contribution in [0.1, 0.15) is 0 Å². The van der Waals surface area contributed by atoms with Gasteiger partial charge < -0.3 is 20.4 Å². The molecule has 4 nitrogen and oxygen atoms in total. The fourth-order valence-corrected chi connectivity index (χ4v) is 1.05. The predicted molar refractivity (Wildman–Crippen MR) is 38.1 cm³/mol. The molecule has 0 aliphatic carbocycles. The standard InChI is InChI=1S/C5H10BN2O2/c7-4-1-8(6-3-9)2-5(4)10/h3-5,10H,1-2,7H2/t4-,5+/m1/s1. The molecule has 1 saturated heterocycles. The fourth-order valence-electron chi connectivity index (χ4n) is 1.05. The molecular formula is C5H10BN2O2. The number of carbonyl (C=O) groups excluding carboxylic acids is 1. The van der Waals surface area contributed by atoms with Gasteiger partial charge in [0.05, 0.1) is 12.3 Å². The van der Waals surface area contributed by atoms with Crippen LogP contribution in [0, 0.1) is 0 Å². The van der Waals surface area contributed by atoms with Crippen molar-refractivity contribution in [1.29, 1.82) is 0 Å². The number of β-amino-alcohol motifs (C(OH)–C–C–N with tert-alkyl or cyclic N) is 1. The van der Waals surface area contributed by atoms with Gasteiger partial charge in [-0.05, 0) is 0 Å². The first-order chi connectivity index (χ1) is 4.74. The average Bonchev–Trinajstić information content (AvgIpc) is 2.14. The SMILES string of the molecule is N[C@@H]1CN([B]C=O)C[C@@H]1O. The molecule has 55 valence electrons. The Morgan fingerprint density at radius 1 is 1.70 bits per heavy atom. The minimum Gasteiger partial charge on any atom is -0.390 e. The summed E-state index contributed by atoms with van der Waals surface area (Å²) in [5.74, 6) is 0. The molecule has 5 heteroatoms. The molecule has 0 aromatic heterocycles. The molecular weight excluding hydrogens is 131 g/mol. The van der Waals surface area contributed by atoms with Crippen LogP contribution in [0.5, 0.6) is 0 Å². The lowest BCUT2D eigenvalue weighted by Gasteiger charge is -2.07. The number of aliphatic hydroxyl groups excluding tert-OH is 1. The predicted octanol–water partition coefficient (Wildman–Crippen LogP) is -2.20. The van der Waals surface area contributed by atoms with E-state index in [4.69, 9.17) is 10.8 Å². The van der Waals surface area contributed by atoms with E-state index in [1.165, 1.54) is 7.41 Å². The lowest BCUT2D eigenvalue weighted by molar-refractivity contribution is 0.174. The second kappa shape index (κ2) is 3.14. The van der Waals surface area contributed by atoms with Gasteiger partial charge in [-0.15, -0.1) is 0 Å². The molecule has 0 unspecified atom stereocenters. The van der Waals surface area contributed by atoms with Crippen molar-refractivity contribution >= 4 is 13.6 Å². The maximum absolute atomic E-state index is 9.95. The summed E-state index contributed by atoms with van der Waals surface area (Å²) in [4.78, 5) is 11.7. The summed E-state index contributed by atoms with van der Waals surface area (Å²) >= 11 is 0. The first kappa shape index (κ1) is 7.72. The van der Waals surface area contributed by atoms with Crippen molar-refractivity contribution in [2.24, 2.45) is 5.73 Å². The van der Waals surface area contributed by atoms with E-state index in [0.717, 1.165) is 0 Å². The van der Waals surface area contributed by atoms with E-state index in [-0.39, 0.29) is 6.04 Å². The molecule has 0 saturated carbocycles. The van der Waals surface area contributed by atoms with Crippen LogP contribution in [0.25, 0.3) is 0 Å². The highest BCUT2D eigenvalue weighted by molar-refractivity contribution is 6.64. The molecule has 1 aliphatic rings. The first-order valence-electron chi connectivity index (χ1n) is 3.20. The molecule has 1 fully saturated rings. The average molecular weight is 141 g/mol. The molecule has 2 atom stereocenters. The molecule has 1 rings (SSSR count). The third-order valence-electron chi connectivity index (χ3n) is 1.63. The van der Waals surface area contributed by atoms with E-state index in [2.05, 4.69) is 0 Å². The maximum Gasteiger partial charge on any atom is 0.293 e. The Morgan fingerprint density at radius 3 is 2.80 bits per heavy atom. The molecule has 10 heavy (non-hydrogen) atoms. The van der Waals surface area contributed by atoms with E-state index in [1.54, 1.807) is 4.81 Å². The topological polar surface area (TPSA) is 66.6 Å². The second-order valence-electron chi connectivity index (χ2n) is 2.47. The first-order valence-corrected chi connectivity index (χ1v) is 3.20. The Bertz CT molecular complexity index is 123. The largest absolute Gasteiger partial charge is 0.390 e. The van der Waals surface area contributed by atoms with Crippen molar-refractivity contribution < 1.29 is 9.90 Å². The summed E-state index contributed by atoms with van der Waals surface area (Å²) in [7, 11) is 1.40. The van der Waals surface area contributed by atoms with Crippen molar-refractivity contribution in [3.63, 3.8) is 0 Å². The van der Waals surface area contributed by atoms with Crippen LogP contribution in [-0.2, 0) is 4.79 Å². The zero-order valence-electron chi connectivity index (χ0n) is 5.60. The van der Waals surface area contributed by atoms with Crippen LogP contribution >= 0.6 is 0 Å². The highest BCUT2D eigenvalue weighted by Crippen LogP contribution is 2.04. The molecule has 0 bridgehead atoms.